The van der Waals surface area contributed by atoms with Gasteiger partial charge in [-0.2, -0.15) is 5.21 Å². The van der Waals surface area contributed by atoms with Crippen molar-refractivity contribution in [2.45, 2.75) is 37.8 Å². The van der Waals surface area contributed by atoms with E-state index in [-0.39, 0.29) is 36.0 Å². The van der Waals surface area contributed by atoms with Crippen LogP contribution in [0.25, 0.3) is 11.4 Å². The number of ether oxygens (including phenoxy) is 1. The number of H-pyrrole nitrogens is 1. The van der Waals surface area contributed by atoms with Crippen LogP contribution in [0.5, 0.6) is 5.75 Å². The van der Waals surface area contributed by atoms with Gasteiger partial charge in [-0.05, 0) is 61.4 Å². The number of hydrogen-bond acceptors (Lipinski definition) is 6. The summed E-state index contributed by atoms with van der Waals surface area (Å²) in [4.78, 5) is 11.3. The summed E-state index contributed by atoms with van der Waals surface area (Å²) >= 11 is 0. The molecule has 4 atom stereocenters. The molecule has 146 valence electrons. The quantitative estimate of drug-likeness (QED) is 0.723. The summed E-state index contributed by atoms with van der Waals surface area (Å²) in [6.45, 7) is 0.710. The lowest BCUT2D eigenvalue weighted by Crippen LogP contribution is -2.50. The van der Waals surface area contributed by atoms with E-state index in [1.54, 1.807) is 12.1 Å². The molecule has 0 unspecified atom stereocenters. The van der Waals surface area contributed by atoms with Gasteiger partial charge in [0, 0.05) is 0 Å². The number of carboxylic acid groups (broad SMARTS) is 1. The molecule has 1 saturated heterocycles. The molecule has 10 heteroatoms. The molecule has 0 spiro atoms. The molecule has 1 aliphatic carbocycles. The Labute approximate surface area is 161 Å². The lowest BCUT2D eigenvalue weighted by atomic mass is 9.72. The third-order valence-electron chi connectivity index (χ3n) is 5.39. The van der Waals surface area contributed by atoms with Crippen molar-refractivity contribution in [2.24, 2.45) is 11.8 Å². The third-order valence-corrected chi connectivity index (χ3v) is 5.39. The molecule has 2 aromatic rings. The zero-order valence-electron chi connectivity index (χ0n) is 14.5. The number of aliphatic carboxylic acids is 1. The first-order valence-corrected chi connectivity index (χ1v) is 8.77. The molecule has 2 heterocycles. The minimum atomic E-state index is -0.819. The van der Waals surface area contributed by atoms with E-state index in [2.05, 4.69) is 25.9 Å². The van der Waals surface area contributed by atoms with Crippen LogP contribution < -0.4 is 10.1 Å². The van der Waals surface area contributed by atoms with Crippen molar-refractivity contribution in [3.8, 4) is 17.1 Å². The van der Waals surface area contributed by atoms with E-state index < -0.39 is 17.8 Å². The molecule has 8 nitrogen and oxygen atoms in total. The van der Waals surface area contributed by atoms with E-state index in [0.29, 0.717) is 24.4 Å². The molecule has 2 aliphatic rings. The van der Waals surface area contributed by atoms with Gasteiger partial charge in [-0.1, -0.05) is 6.07 Å². The Balaban J connectivity index is 0.00000210. The van der Waals surface area contributed by atoms with Crippen LogP contribution in [0.1, 0.15) is 25.7 Å². The van der Waals surface area contributed by atoms with Gasteiger partial charge >= 0.3 is 5.97 Å². The summed E-state index contributed by atoms with van der Waals surface area (Å²) in [5.41, 5.74) is 0.453. The van der Waals surface area contributed by atoms with E-state index in [1.807, 2.05) is 0 Å². The van der Waals surface area contributed by atoms with E-state index in [0.717, 1.165) is 19.3 Å². The molecule has 4 rings (SSSR count). The highest BCUT2D eigenvalue weighted by Crippen LogP contribution is 2.39. The van der Waals surface area contributed by atoms with E-state index in [9.17, 15) is 14.3 Å². The van der Waals surface area contributed by atoms with Crippen LogP contribution in [0.15, 0.2) is 18.2 Å². The molecule has 27 heavy (non-hydrogen) atoms. The normalized spacial score (nSPS) is 27.3. The average Bonchev–Trinajstić information content (AvgIpc) is 3.17. The van der Waals surface area contributed by atoms with E-state index in [1.165, 1.54) is 6.07 Å². The number of aromatic amines is 1. The minimum Gasteiger partial charge on any atom is -0.487 e. The number of tetrazole rings is 1. The topological polar surface area (TPSA) is 113 Å². The Bertz CT molecular complexity index is 791. The van der Waals surface area contributed by atoms with Gasteiger partial charge in [-0.3, -0.25) is 4.79 Å². The first kappa shape index (κ1) is 19.5. The molecule has 1 saturated carbocycles. The first-order valence-electron chi connectivity index (χ1n) is 8.77. The van der Waals surface area contributed by atoms with Crippen molar-refractivity contribution in [1.82, 2.24) is 25.9 Å². The van der Waals surface area contributed by atoms with Crippen LogP contribution in [0.4, 0.5) is 4.39 Å². The number of rotatable bonds is 4. The standard InChI is InChI=1S/C17H20FN5O3.ClH/c18-13-3-1-2-12(16-20-22-23-21-16)15(13)26-11-5-4-9-8-19-14(17(24)25)7-10(9)6-11;/h1-3,9-11,14,19H,4-8H2,(H,24,25)(H,20,21,22,23);1H/t9-,10+,11-,14-;/m0./s1. The number of para-hydroxylation sites is 1. The predicted octanol–water partition coefficient (Wildman–Crippen LogP) is 2.04. The van der Waals surface area contributed by atoms with Crippen LogP contribution >= 0.6 is 12.4 Å². The molecule has 2 fully saturated rings. The number of aromatic nitrogens is 4. The van der Waals surface area contributed by atoms with Gasteiger partial charge in [0.2, 0.25) is 5.82 Å². The molecule has 1 aromatic carbocycles. The number of carboxylic acids is 1. The predicted molar refractivity (Wildman–Crippen MR) is 96.1 cm³/mol. The Morgan fingerprint density at radius 1 is 1.26 bits per heavy atom. The van der Waals surface area contributed by atoms with Gasteiger partial charge in [0.25, 0.3) is 0 Å². The summed E-state index contributed by atoms with van der Waals surface area (Å²) in [5.74, 6) is -0.176. The van der Waals surface area contributed by atoms with Crippen molar-refractivity contribution in [3.63, 3.8) is 0 Å². The Morgan fingerprint density at radius 2 is 2.11 bits per heavy atom. The average molecular weight is 398 g/mol. The van der Waals surface area contributed by atoms with Gasteiger partial charge in [-0.15, -0.1) is 22.6 Å². The van der Waals surface area contributed by atoms with Crippen molar-refractivity contribution in [1.29, 1.82) is 0 Å². The van der Waals surface area contributed by atoms with Gasteiger partial charge in [-0.25, -0.2) is 4.39 Å². The fraction of sp³-hybridized carbons (Fsp3) is 0.529. The fourth-order valence-electron chi connectivity index (χ4n) is 4.06. The Hall–Kier alpha value is -2.26. The zero-order chi connectivity index (χ0) is 18.1. The summed E-state index contributed by atoms with van der Waals surface area (Å²) in [7, 11) is 0. The number of hydrogen-bond donors (Lipinski definition) is 3. The van der Waals surface area contributed by atoms with Gasteiger partial charge in [0.1, 0.15) is 6.04 Å². The van der Waals surface area contributed by atoms with Crippen LogP contribution in [-0.2, 0) is 4.79 Å². The van der Waals surface area contributed by atoms with Crippen molar-refractivity contribution < 1.29 is 19.0 Å². The molecular formula is C17H21ClFN5O3. The lowest BCUT2D eigenvalue weighted by molar-refractivity contribution is -0.141. The maximum atomic E-state index is 14.4. The number of piperidine rings is 1. The molecule has 1 aromatic heterocycles. The summed E-state index contributed by atoms with van der Waals surface area (Å²) in [6.07, 6.45) is 2.87. The molecule has 3 N–H and O–H groups in total. The fourth-order valence-corrected chi connectivity index (χ4v) is 4.06. The number of nitrogens with zero attached hydrogens (tertiary/aromatic N) is 3. The monoisotopic (exact) mass is 397 g/mol. The number of halogens is 2. The Kier molecular flexibility index (Phi) is 5.91. The summed E-state index contributed by atoms with van der Waals surface area (Å²) < 4.78 is 20.4. The molecular weight excluding hydrogens is 377 g/mol. The van der Waals surface area contributed by atoms with Gasteiger partial charge < -0.3 is 15.2 Å². The largest absolute Gasteiger partial charge is 0.487 e. The lowest BCUT2D eigenvalue weighted by Gasteiger charge is -2.41. The van der Waals surface area contributed by atoms with Crippen LogP contribution in [0.3, 0.4) is 0 Å². The second-order valence-electron chi connectivity index (χ2n) is 6.96. The summed E-state index contributed by atoms with van der Waals surface area (Å²) in [5, 5.41) is 26.0. The number of fused-ring (bicyclic) bond motifs is 1. The molecule has 0 amide bonds. The summed E-state index contributed by atoms with van der Waals surface area (Å²) in [6, 6.07) is 4.10. The second kappa shape index (κ2) is 8.18. The number of carbonyl (C=O) groups is 1. The highest BCUT2D eigenvalue weighted by Gasteiger charge is 2.38. The SMILES string of the molecule is Cl.O=C(O)[C@@H]1C[C@H]2C[C@@H](Oc3c(F)cccc3-c3nn[nH]n3)CC[C@H]2CN1. The third kappa shape index (κ3) is 4.03. The van der Waals surface area contributed by atoms with Crippen LogP contribution in [-0.4, -0.2) is 50.4 Å². The van der Waals surface area contributed by atoms with E-state index in [4.69, 9.17) is 4.74 Å². The van der Waals surface area contributed by atoms with Gasteiger partial charge in [0.05, 0.1) is 11.7 Å². The minimum absolute atomic E-state index is 0. The molecule has 0 bridgehead atoms. The van der Waals surface area contributed by atoms with Crippen LogP contribution in [0.2, 0.25) is 0 Å². The Morgan fingerprint density at radius 3 is 2.85 bits per heavy atom. The first-order chi connectivity index (χ1) is 12.6. The highest BCUT2D eigenvalue weighted by molar-refractivity contribution is 5.85. The zero-order valence-corrected chi connectivity index (χ0v) is 15.3. The van der Waals surface area contributed by atoms with Crippen molar-refractivity contribution in [3.05, 3.63) is 24.0 Å². The van der Waals surface area contributed by atoms with Crippen molar-refractivity contribution in [2.75, 3.05) is 6.54 Å². The van der Waals surface area contributed by atoms with Crippen molar-refractivity contribution >= 4 is 18.4 Å². The maximum Gasteiger partial charge on any atom is 0.320 e. The number of nitrogens with one attached hydrogen (secondary N) is 2. The van der Waals surface area contributed by atoms with E-state index >= 15 is 0 Å². The molecule has 0 radical (unpaired) electrons. The second-order valence-corrected chi connectivity index (χ2v) is 6.96. The van der Waals surface area contributed by atoms with Crippen LogP contribution in [0, 0.1) is 17.7 Å². The molecule has 1 aliphatic heterocycles. The maximum absolute atomic E-state index is 14.4. The smallest absolute Gasteiger partial charge is 0.320 e. The highest BCUT2D eigenvalue weighted by atomic mass is 35.5. The number of benzene rings is 1. The van der Waals surface area contributed by atoms with Gasteiger partial charge in [0.15, 0.2) is 11.6 Å².